The third-order valence-electron chi connectivity index (χ3n) is 8.79. The summed E-state index contributed by atoms with van der Waals surface area (Å²) < 4.78 is 15.3. The Kier molecular flexibility index (Phi) is 28.3. The van der Waals surface area contributed by atoms with E-state index < -0.39 is 7.82 Å². The van der Waals surface area contributed by atoms with Crippen molar-refractivity contribution in [2.75, 3.05) is 6.61 Å². The van der Waals surface area contributed by atoms with Crippen LogP contribution < -0.4 is 0 Å². The van der Waals surface area contributed by atoms with E-state index in [9.17, 15) is 4.57 Å². The number of unbranched alkanes of at least 4 members (excludes halogenated alkanes) is 21. The van der Waals surface area contributed by atoms with Gasteiger partial charge < -0.3 is 9.79 Å². The van der Waals surface area contributed by atoms with Crippen molar-refractivity contribution in [3.8, 4) is 0 Å². The quantitative estimate of drug-likeness (QED) is 0.0619. The second kappa shape index (κ2) is 28.2. The molecule has 0 aromatic carbocycles. The normalized spacial score (nSPS) is 12.4. The Hall–Kier alpha value is 0.110. The van der Waals surface area contributed by atoms with Crippen molar-refractivity contribution in [1.82, 2.24) is 0 Å². The van der Waals surface area contributed by atoms with Gasteiger partial charge in [0.25, 0.3) is 0 Å². The Bertz CT molecular complexity index is 492. The van der Waals surface area contributed by atoms with Crippen LogP contribution in [0, 0.1) is 5.41 Å². The third-order valence-corrected chi connectivity index (χ3v) is 9.31. The van der Waals surface area contributed by atoms with E-state index in [-0.39, 0.29) is 6.61 Å². The van der Waals surface area contributed by atoms with E-state index in [1.165, 1.54) is 167 Å². The predicted molar refractivity (Wildman–Crippen MR) is 171 cm³/mol. The predicted octanol–water partition coefficient (Wildman–Crippen LogP) is 12.5. The van der Waals surface area contributed by atoms with Crippen LogP contribution in [0.5, 0.6) is 0 Å². The third kappa shape index (κ3) is 28.0. The molecule has 0 unspecified atom stereocenters. The smallest absolute Gasteiger partial charge is 0.303 e. The molecule has 0 spiro atoms. The van der Waals surface area contributed by atoms with Crippen LogP contribution in [0.2, 0.25) is 0 Å². The van der Waals surface area contributed by atoms with E-state index in [0.29, 0.717) is 5.41 Å². The van der Waals surface area contributed by atoms with Crippen molar-refractivity contribution in [3.05, 3.63) is 0 Å². The van der Waals surface area contributed by atoms with Gasteiger partial charge in [-0.05, 0) is 37.5 Å². The Morgan fingerprint density at radius 1 is 0.436 bits per heavy atom. The number of hydrogen-bond acceptors (Lipinski definition) is 2. The number of hydrogen-bond donors (Lipinski definition) is 2. The van der Waals surface area contributed by atoms with Gasteiger partial charge in [0.05, 0.1) is 6.61 Å². The zero-order valence-corrected chi connectivity index (χ0v) is 27.8. The first-order chi connectivity index (χ1) is 18.9. The summed E-state index contributed by atoms with van der Waals surface area (Å²) in [5.41, 5.74) is 0.583. The lowest BCUT2D eigenvalue weighted by atomic mass is 9.70. The highest BCUT2D eigenvalue weighted by Gasteiger charge is 2.28. The largest absolute Gasteiger partial charge is 0.469 e. The molecule has 2 N–H and O–H groups in total. The van der Waals surface area contributed by atoms with Crippen molar-refractivity contribution in [2.24, 2.45) is 5.41 Å². The SMILES string of the molecule is CCCCCCCCC(CCCCCCCC)(CCCCCCCC)CCCCCCCCCOP(=O)(O)O. The maximum absolute atomic E-state index is 10.8. The Morgan fingerprint density at radius 3 is 0.974 bits per heavy atom. The molecule has 0 rings (SSSR count). The lowest BCUT2D eigenvalue weighted by Crippen LogP contribution is -2.21. The minimum Gasteiger partial charge on any atom is -0.303 e. The van der Waals surface area contributed by atoms with Gasteiger partial charge in [-0.15, -0.1) is 0 Å². The molecule has 39 heavy (non-hydrogen) atoms. The number of rotatable bonds is 32. The molecule has 0 aromatic rings. The standard InChI is InChI=1S/C34H71O4P/c1-4-7-10-13-19-24-29-34(30-25-20-14-11-8-5-2,31-26-21-15-12-9-6-3)32-27-22-17-16-18-23-28-33-38-39(35,36)37/h4-33H2,1-3H3,(H2,35,36,37). The Balaban J connectivity index is 4.69. The maximum Gasteiger partial charge on any atom is 0.469 e. The molecule has 0 radical (unpaired) electrons. The molecule has 0 atom stereocenters. The summed E-state index contributed by atoms with van der Waals surface area (Å²) in [5, 5.41) is 0. The van der Waals surface area contributed by atoms with Gasteiger partial charge in [0.2, 0.25) is 0 Å². The summed E-state index contributed by atoms with van der Waals surface area (Å²) in [6.07, 6.45) is 39.3. The molecular weight excluding hydrogens is 503 g/mol. The molecule has 0 aliphatic rings. The van der Waals surface area contributed by atoms with Crippen LogP contribution in [0.1, 0.15) is 207 Å². The first kappa shape index (κ1) is 39.1. The zero-order valence-electron chi connectivity index (χ0n) is 26.9. The van der Waals surface area contributed by atoms with Gasteiger partial charge in [0, 0.05) is 0 Å². The van der Waals surface area contributed by atoms with Crippen molar-refractivity contribution in [3.63, 3.8) is 0 Å². The van der Waals surface area contributed by atoms with E-state index in [1.807, 2.05) is 0 Å². The number of phosphoric ester groups is 1. The summed E-state index contributed by atoms with van der Waals surface area (Å²) in [6, 6.07) is 0. The van der Waals surface area contributed by atoms with E-state index in [0.717, 1.165) is 19.3 Å². The van der Waals surface area contributed by atoms with Crippen LogP contribution in [0.25, 0.3) is 0 Å². The van der Waals surface area contributed by atoms with E-state index in [4.69, 9.17) is 9.79 Å². The lowest BCUT2D eigenvalue weighted by Gasteiger charge is -2.35. The van der Waals surface area contributed by atoms with E-state index in [1.54, 1.807) is 0 Å². The fraction of sp³-hybridized carbons (Fsp3) is 1.00. The van der Waals surface area contributed by atoms with Crippen molar-refractivity contribution < 1.29 is 18.9 Å². The summed E-state index contributed by atoms with van der Waals surface area (Å²) in [7, 11) is -4.30. The van der Waals surface area contributed by atoms with Crippen LogP contribution >= 0.6 is 7.82 Å². The van der Waals surface area contributed by atoms with Crippen molar-refractivity contribution in [1.29, 1.82) is 0 Å². The molecule has 5 heteroatoms. The maximum atomic E-state index is 10.8. The zero-order chi connectivity index (χ0) is 28.9. The van der Waals surface area contributed by atoms with Gasteiger partial charge in [-0.25, -0.2) is 4.57 Å². The molecule has 236 valence electrons. The van der Waals surface area contributed by atoms with E-state index in [2.05, 4.69) is 25.3 Å². The van der Waals surface area contributed by atoms with E-state index >= 15 is 0 Å². The minimum atomic E-state index is -4.30. The molecule has 0 aliphatic carbocycles. The van der Waals surface area contributed by atoms with Crippen LogP contribution in [0.4, 0.5) is 0 Å². The molecule has 0 bridgehead atoms. The highest BCUT2D eigenvalue weighted by atomic mass is 31.2. The molecule has 0 heterocycles. The lowest BCUT2D eigenvalue weighted by molar-refractivity contribution is 0.171. The van der Waals surface area contributed by atoms with Crippen LogP contribution in [0.15, 0.2) is 0 Å². The Labute approximate surface area is 245 Å². The average Bonchev–Trinajstić information content (AvgIpc) is 2.90. The molecule has 4 nitrogen and oxygen atoms in total. The first-order valence-corrected chi connectivity index (χ1v) is 19.1. The molecule has 0 fully saturated rings. The second-order valence-corrected chi connectivity index (χ2v) is 13.8. The highest BCUT2D eigenvalue weighted by molar-refractivity contribution is 7.46. The first-order valence-electron chi connectivity index (χ1n) is 17.6. The van der Waals surface area contributed by atoms with Crippen molar-refractivity contribution in [2.45, 2.75) is 207 Å². The summed E-state index contributed by atoms with van der Waals surface area (Å²) >= 11 is 0. The molecule has 0 saturated heterocycles. The Morgan fingerprint density at radius 2 is 0.692 bits per heavy atom. The van der Waals surface area contributed by atoms with Crippen LogP contribution in [-0.2, 0) is 9.09 Å². The summed E-state index contributed by atoms with van der Waals surface area (Å²) in [6.45, 7) is 7.11. The second-order valence-electron chi connectivity index (χ2n) is 12.6. The molecule has 0 saturated carbocycles. The van der Waals surface area contributed by atoms with Gasteiger partial charge in [-0.2, -0.15) is 0 Å². The minimum absolute atomic E-state index is 0.169. The van der Waals surface area contributed by atoms with Gasteiger partial charge in [-0.1, -0.05) is 175 Å². The molecule has 0 aromatic heterocycles. The monoisotopic (exact) mass is 575 g/mol. The van der Waals surface area contributed by atoms with Gasteiger partial charge >= 0.3 is 7.82 Å². The molecular formula is C34H71O4P. The van der Waals surface area contributed by atoms with Crippen LogP contribution in [0.3, 0.4) is 0 Å². The molecule has 0 amide bonds. The number of phosphoric acid groups is 1. The fourth-order valence-corrected chi connectivity index (χ4v) is 6.63. The summed E-state index contributed by atoms with van der Waals surface area (Å²) in [4.78, 5) is 17.6. The average molecular weight is 575 g/mol. The van der Waals surface area contributed by atoms with Crippen LogP contribution in [-0.4, -0.2) is 16.4 Å². The van der Waals surface area contributed by atoms with Gasteiger partial charge in [-0.3, -0.25) is 4.52 Å². The van der Waals surface area contributed by atoms with Gasteiger partial charge in [0.15, 0.2) is 0 Å². The topological polar surface area (TPSA) is 66.8 Å². The molecule has 0 aliphatic heterocycles. The van der Waals surface area contributed by atoms with Crippen molar-refractivity contribution >= 4 is 7.82 Å². The highest BCUT2D eigenvalue weighted by Crippen LogP contribution is 2.42. The van der Waals surface area contributed by atoms with Gasteiger partial charge in [0.1, 0.15) is 0 Å². The summed E-state index contributed by atoms with van der Waals surface area (Å²) in [5.74, 6) is 0. The fourth-order valence-electron chi connectivity index (χ4n) is 6.26.